The first-order valence-electron chi connectivity index (χ1n) is 5.57. The molecule has 2 aliphatic heterocycles. The molecule has 1 nitrogen and oxygen atoms in total. The minimum Gasteiger partial charge on any atom is -0.297 e. The number of nitrogens with zero attached hydrogens (tertiary/aromatic N) is 1. The van der Waals surface area contributed by atoms with Crippen molar-refractivity contribution in [3.05, 3.63) is 0 Å². The molecule has 0 N–H and O–H groups in total. The molecule has 2 fully saturated rings. The zero-order valence-corrected chi connectivity index (χ0v) is 8.42. The van der Waals surface area contributed by atoms with Gasteiger partial charge in [0.25, 0.3) is 0 Å². The van der Waals surface area contributed by atoms with E-state index >= 15 is 0 Å². The van der Waals surface area contributed by atoms with Crippen LogP contribution in [0.15, 0.2) is 0 Å². The fourth-order valence-corrected chi connectivity index (χ4v) is 3.17. The fourth-order valence-electron chi connectivity index (χ4n) is 3.17. The van der Waals surface area contributed by atoms with Crippen LogP contribution in [0.2, 0.25) is 0 Å². The van der Waals surface area contributed by atoms with Crippen molar-refractivity contribution in [1.82, 2.24) is 4.90 Å². The smallest absolute Gasteiger partial charge is 0.0101 e. The molecule has 0 amide bonds. The minimum absolute atomic E-state index is 0.957. The number of fused-ring (bicyclic) bond motifs is 2. The number of piperidine rings is 1. The molecule has 2 saturated heterocycles. The van der Waals surface area contributed by atoms with Crippen LogP contribution in [0.1, 0.15) is 46.0 Å². The monoisotopic (exact) mass is 167 g/mol. The third-order valence-corrected chi connectivity index (χ3v) is 3.60. The van der Waals surface area contributed by atoms with Crippen LogP contribution in [0.3, 0.4) is 0 Å². The molecule has 2 heterocycles. The quantitative estimate of drug-likeness (QED) is 0.611. The maximum Gasteiger partial charge on any atom is 0.0101 e. The molecular formula is C11H21N. The van der Waals surface area contributed by atoms with Gasteiger partial charge in [0, 0.05) is 12.1 Å². The van der Waals surface area contributed by atoms with Gasteiger partial charge >= 0.3 is 0 Å². The molecule has 2 bridgehead atoms. The Balaban J connectivity index is 1.99. The Hall–Kier alpha value is -0.0400. The number of hydrogen-bond donors (Lipinski definition) is 0. The third kappa shape index (κ3) is 1.39. The predicted molar refractivity (Wildman–Crippen MR) is 52.2 cm³/mol. The normalized spacial score (nSPS) is 42.0. The van der Waals surface area contributed by atoms with Gasteiger partial charge in [-0.05, 0) is 44.6 Å². The second-order valence-corrected chi connectivity index (χ2v) is 4.70. The summed E-state index contributed by atoms with van der Waals surface area (Å²) >= 11 is 0. The molecule has 2 aliphatic rings. The Morgan fingerprint density at radius 1 is 1.17 bits per heavy atom. The standard InChI is InChI=1S/C11H21N/c1-3-6-12-10-4-5-11(12)8-9(2)7-10/h9-11H,3-8H2,1-2H3. The lowest BCUT2D eigenvalue weighted by Crippen LogP contribution is -2.42. The summed E-state index contributed by atoms with van der Waals surface area (Å²) in [6.07, 6.45) is 7.23. The number of hydrogen-bond acceptors (Lipinski definition) is 1. The summed E-state index contributed by atoms with van der Waals surface area (Å²) in [7, 11) is 0. The average Bonchev–Trinajstić information content (AvgIpc) is 2.32. The summed E-state index contributed by atoms with van der Waals surface area (Å²) in [4.78, 5) is 2.78. The molecule has 2 rings (SSSR count). The third-order valence-electron chi connectivity index (χ3n) is 3.60. The van der Waals surface area contributed by atoms with Gasteiger partial charge in [-0.3, -0.25) is 4.90 Å². The van der Waals surface area contributed by atoms with Crippen molar-refractivity contribution in [2.45, 2.75) is 58.0 Å². The van der Waals surface area contributed by atoms with E-state index in [2.05, 4.69) is 18.7 Å². The fraction of sp³-hybridized carbons (Fsp3) is 1.00. The maximum absolute atomic E-state index is 2.78. The first-order valence-corrected chi connectivity index (χ1v) is 5.57. The van der Waals surface area contributed by atoms with Crippen LogP contribution in [-0.2, 0) is 0 Å². The second kappa shape index (κ2) is 3.37. The molecule has 1 heteroatoms. The molecular weight excluding hydrogens is 146 g/mol. The van der Waals surface area contributed by atoms with Crippen LogP contribution in [0.5, 0.6) is 0 Å². The Bertz CT molecular complexity index is 141. The van der Waals surface area contributed by atoms with Gasteiger partial charge in [0.15, 0.2) is 0 Å². The van der Waals surface area contributed by atoms with Crippen molar-refractivity contribution in [3.8, 4) is 0 Å². The van der Waals surface area contributed by atoms with Crippen LogP contribution in [0, 0.1) is 5.92 Å². The van der Waals surface area contributed by atoms with E-state index in [9.17, 15) is 0 Å². The highest BCUT2D eigenvalue weighted by Crippen LogP contribution is 2.38. The van der Waals surface area contributed by atoms with Crippen molar-refractivity contribution in [1.29, 1.82) is 0 Å². The van der Waals surface area contributed by atoms with E-state index in [0.717, 1.165) is 18.0 Å². The van der Waals surface area contributed by atoms with E-state index in [1.54, 1.807) is 0 Å². The van der Waals surface area contributed by atoms with Crippen molar-refractivity contribution in [2.24, 2.45) is 5.92 Å². The summed E-state index contributed by atoms with van der Waals surface area (Å²) in [6, 6.07) is 1.91. The van der Waals surface area contributed by atoms with Crippen LogP contribution >= 0.6 is 0 Å². The molecule has 0 aromatic rings. The molecule has 0 aromatic heterocycles. The zero-order valence-electron chi connectivity index (χ0n) is 8.42. The van der Waals surface area contributed by atoms with Crippen molar-refractivity contribution < 1.29 is 0 Å². The van der Waals surface area contributed by atoms with Crippen molar-refractivity contribution in [3.63, 3.8) is 0 Å². The van der Waals surface area contributed by atoms with E-state index in [1.165, 1.54) is 38.6 Å². The molecule has 70 valence electrons. The summed E-state index contributed by atoms with van der Waals surface area (Å²) in [6.45, 7) is 6.08. The molecule has 2 atom stereocenters. The molecule has 0 saturated carbocycles. The summed E-state index contributed by atoms with van der Waals surface area (Å²) < 4.78 is 0. The van der Waals surface area contributed by atoms with Gasteiger partial charge in [-0.25, -0.2) is 0 Å². The van der Waals surface area contributed by atoms with Crippen LogP contribution < -0.4 is 0 Å². The molecule has 0 aliphatic carbocycles. The van der Waals surface area contributed by atoms with E-state index in [4.69, 9.17) is 0 Å². The summed E-state index contributed by atoms with van der Waals surface area (Å²) in [5.41, 5.74) is 0. The largest absolute Gasteiger partial charge is 0.297 e. The zero-order chi connectivity index (χ0) is 8.55. The first kappa shape index (κ1) is 8.55. The second-order valence-electron chi connectivity index (χ2n) is 4.70. The SMILES string of the molecule is CCCN1C2CCC1CC(C)C2. The lowest BCUT2D eigenvalue weighted by molar-refractivity contribution is 0.110. The van der Waals surface area contributed by atoms with E-state index < -0.39 is 0 Å². The lowest BCUT2D eigenvalue weighted by atomic mass is 9.92. The van der Waals surface area contributed by atoms with Gasteiger partial charge < -0.3 is 0 Å². The number of rotatable bonds is 2. The summed E-state index contributed by atoms with van der Waals surface area (Å²) in [5.74, 6) is 0.996. The molecule has 0 spiro atoms. The highest BCUT2D eigenvalue weighted by Gasteiger charge is 2.38. The average molecular weight is 167 g/mol. The van der Waals surface area contributed by atoms with Crippen LogP contribution in [0.25, 0.3) is 0 Å². The first-order chi connectivity index (χ1) is 5.81. The Kier molecular flexibility index (Phi) is 2.40. The predicted octanol–water partition coefficient (Wildman–Crippen LogP) is 2.66. The molecule has 0 aromatic carbocycles. The Labute approximate surface area is 76.1 Å². The topological polar surface area (TPSA) is 3.24 Å². The summed E-state index contributed by atoms with van der Waals surface area (Å²) in [5, 5.41) is 0. The maximum atomic E-state index is 2.78. The molecule has 2 unspecified atom stereocenters. The minimum atomic E-state index is 0.957. The van der Waals surface area contributed by atoms with Gasteiger partial charge in [0.1, 0.15) is 0 Å². The van der Waals surface area contributed by atoms with Gasteiger partial charge in [-0.15, -0.1) is 0 Å². The lowest BCUT2D eigenvalue weighted by Gasteiger charge is -2.37. The van der Waals surface area contributed by atoms with Gasteiger partial charge in [-0.2, -0.15) is 0 Å². The van der Waals surface area contributed by atoms with E-state index in [0.29, 0.717) is 0 Å². The van der Waals surface area contributed by atoms with Crippen LogP contribution in [-0.4, -0.2) is 23.5 Å². The Morgan fingerprint density at radius 2 is 1.75 bits per heavy atom. The van der Waals surface area contributed by atoms with Gasteiger partial charge in [-0.1, -0.05) is 13.8 Å². The highest BCUT2D eigenvalue weighted by molar-refractivity contribution is 4.93. The molecule has 12 heavy (non-hydrogen) atoms. The molecule has 0 radical (unpaired) electrons. The van der Waals surface area contributed by atoms with Crippen LogP contribution in [0.4, 0.5) is 0 Å². The van der Waals surface area contributed by atoms with Gasteiger partial charge in [0.2, 0.25) is 0 Å². The van der Waals surface area contributed by atoms with E-state index in [-0.39, 0.29) is 0 Å². The Morgan fingerprint density at radius 3 is 2.25 bits per heavy atom. The van der Waals surface area contributed by atoms with Crippen molar-refractivity contribution >= 4 is 0 Å². The van der Waals surface area contributed by atoms with Gasteiger partial charge in [0.05, 0.1) is 0 Å². The van der Waals surface area contributed by atoms with Crippen molar-refractivity contribution in [2.75, 3.05) is 6.54 Å². The highest BCUT2D eigenvalue weighted by atomic mass is 15.2. The van der Waals surface area contributed by atoms with E-state index in [1.807, 2.05) is 0 Å².